The number of aromatic nitrogens is 3. The van der Waals surface area contributed by atoms with Gasteiger partial charge in [-0.1, -0.05) is 0 Å². The Morgan fingerprint density at radius 2 is 2.06 bits per heavy atom. The number of carbonyl (C=O) groups excluding carboxylic acids is 1. The quantitative estimate of drug-likeness (QED) is 0.869. The van der Waals surface area contributed by atoms with Gasteiger partial charge in [0.2, 0.25) is 5.95 Å². The Morgan fingerprint density at radius 3 is 2.61 bits per heavy atom. The Labute approximate surface area is 100.0 Å². The van der Waals surface area contributed by atoms with Crippen molar-refractivity contribution in [3.05, 3.63) is 36.2 Å². The van der Waals surface area contributed by atoms with E-state index in [1.807, 2.05) is 0 Å². The third-order valence-electron chi connectivity index (χ3n) is 1.99. The molecule has 0 atom stereocenters. The predicted molar refractivity (Wildman–Crippen MR) is 57.4 cm³/mol. The van der Waals surface area contributed by atoms with Gasteiger partial charge >= 0.3 is 6.61 Å². The Morgan fingerprint density at radius 1 is 1.33 bits per heavy atom. The lowest BCUT2D eigenvalue weighted by Gasteiger charge is -2.05. The minimum atomic E-state index is -2.89. The van der Waals surface area contributed by atoms with E-state index in [-0.39, 0.29) is 17.3 Å². The van der Waals surface area contributed by atoms with Gasteiger partial charge in [-0.3, -0.25) is 10.1 Å². The molecule has 1 aromatic heterocycles. The van der Waals surface area contributed by atoms with Crippen LogP contribution in [0.15, 0.2) is 30.6 Å². The number of amides is 1. The number of hydrogen-bond acceptors (Lipinski definition) is 4. The van der Waals surface area contributed by atoms with Gasteiger partial charge in [0.1, 0.15) is 12.1 Å². The van der Waals surface area contributed by atoms with E-state index in [4.69, 9.17) is 0 Å². The van der Waals surface area contributed by atoms with Crippen molar-refractivity contribution in [3.63, 3.8) is 0 Å². The zero-order chi connectivity index (χ0) is 13.0. The molecule has 0 radical (unpaired) electrons. The highest BCUT2D eigenvalue weighted by Crippen LogP contribution is 2.15. The van der Waals surface area contributed by atoms with Crippen LogP contribution in [0, 0.1) is 0 Å². The molecule has 2 N–H and O–H groups in total. The van der Waals surface area contributed by atoms with Crippen LogP contribution in [0.4, 0.5) is 14.7 Å². The molecule has 0 unspecified atom stereocenters. The van der Waals surface area contributed by atoms with Gasteiger partial charge in [-0.05, 0) is 24.3 Å². The Balaban J connectivity index is 2.03. The Bertz CT molecular complexity index is 513. The SMILES string of the molecule is O=C(Nc1ncn[nH]1)c1ccc(OC(F)F)cc1. The number of rotatable bonds is 4. The van der Waals surface area contributed by atoms with Crippen LogP contribution in [-0.2, 0) is 0 Å². The summed E-state index contributed by atoms with van der Waals surface area (Å²) in [5.41, 5.74) is 0.285. The van der Waals surface area contributed by atoms with Gasteiger partial charge in [0.25, 0.3) is 5.91 Å². The number of nitrogens with one attached hydrogen (secondary N) is 2. The lowest BCUT2D eigenvalue weighted by Crippen LogP contribution is -2.13. The van der Waals surface area contributed by atoms with E-state index in [0.717, 1.165) is 0 Å². The summed E-state index contributed by atoms with van der Waals surface area (Å²) in [6.45, 7) is -2.89. The number of hydrogen-bond donors (Lipinski definition) is 2. The molecule has 6 nitrogen and oxygen atoms in total. The summed E-state index contributed by atoms with van der Waals surface area (Å²) >= 11 is 0. The van der Waals surface area contributed by atoms with Crippen LogP contribution >= 0.6 is 0 Å². The molecule has 1 heterocycles. The smallest absolute Gasteiger partial charge is 0.387 e. The highest BCUT2D eigenvalue weighted by molar-refractivity contribution is 6.03. The molecule has 94 valence electrons. The number of halogens is 2. The third kappa shape index (κ3) is 3.00. The number of benzene rings is 1. The molecule has 0 bridgehead atoms. The molecule has 0 aliphatic rings. The van der Waals surface area contributed by atoms with Crippen LogP contribution in [0.25, 0.3) is 0 Å². The van der Waals surface area contributed by atoms with Crippen LogP contribution in [0.3, 0.4) is 0 Å². The summed E-state index contributed by atoms with van der Waals surface area (Å²) in [4.78, 5) is 15.4. The van der Waals surface area contributed by atoms with Crippen molar-refractivity contribution in [2.24, 2.45) is 0 Å². The van der Waals surface area contributed by atoms with Gasteiger partial charge in [-0.25, -0.2) is 5.10 Å². The molecular formula is C10H8F2N4O2. The van der Waals surface area contributed by atoms with E-state index in [1.54, 1.807) is 0 Å². The van der Waals surface area contributed by atoms with Crippen molar-refractivity contribution in [1.82, 2.24) is 15.2 Å². The van der Waals surface area contributed by atoms with Crippen LogP contribution in [-0.4, -0.2) is 27.7 Å². The summed E-state index contributed by atoms with van der Waals surface area (Å²) < 4.78 is 28.0. The summed E-state index contributed by atoms with van der Waals surface area (Å²) in [7, 11) is 0. The molecule has 0 aliphatic heterocycles. The van der Waals surface area contributed by atoms with Crippen molar-refractivity contribution in [2.45, 2.75) is 6.61 Å². The molecular weight excluding hydrogens is 246 g/mol. The second-order valence-corrected chi connectivity index (χ2v) is 3.19. The number of anilines is 1. The zero-order valence-electron chi connectivity index (χ0n) is 8.93. The largest absolute Gasteiger partial charge is 0.435 e. The molecule has 1 amide bonds. The molecule has 2 rings (SSSR count). The minimum absolute atomic E-state index is 0.0128. The van der Waals surface area contributed by atoms with Gasteiger partial charge in [-0.2, -0.15) is 18.9 Å². The monoisotopic (exact) mass is 254 g/mol. The maximum Gasteiger partial charge on any atom is 0.387 e. The maximum atomic E-state index is 11.9. The van der Waals surface area contributed by atoms with Crippen LogP contribution in [0.2, 0.25) is 0 Å². The minimum Gasteiger partial charge on any atom is -0.435 e. The van der Waals surface area contributed by atoms with Crippen molar-refractivity contribution in [2.75, 3.05) is 5.32 Å². The normalized spacial score (nSPS) is 10.4. The number of nitrogens with zero attached hydrogens (tertiary/aromatic N) is 2. The van der Waals surface area contributed by atoms with Crippen LogP contribution in [0.5, 0.6) is 5.75 Å². The topological polar surface area (TPSA) is 79.9 Å². The maximum absolute atomic E-state index is 11.9. The standard InChI is InChI=1S/C10H8F2N4O2/c11-9(12)18-7-3-1-6(2-4-7)8(17)15-10-13-5-14-16-10/h1-5,9H,(H2,13,14,15,16,17). The van der Waals surface area contributed by atoms with Crippen LogP contribution < -0.4 is 10.1 Å². The first-order valence-electron chi connectivity index (χ1n) is 4.87. The van der Waals surface area contributed by atoms with E-state index in [2.05, 4.69) is 25.2 Å². The van der Waals surface area contributed by atoms with Crippen molar-refractivity contribution < 1.29 is 18.3 Å². The summed E-state index contributed by atoms with van der Waals surface area (Å²) in [5.74, 6) is -0.246. The van der Waals surface area contributed by atoms with Crippen molar-refractivity contribution in [1.29, 1.82) is 0 Å². The second kappa shape index (κ2) is 5.21. The molecule has 0 saturated carbocycles. The summed E-state index contributed by atoms with van der Waals surface area (Å²) in [5, 5.41) is 8.46. The third-order valence-corrected chi connectivity index (χ3v) is 1.99. The molecule has 1 aromatic carbocycles. The lowest BCUT2D eigenvalue weighted by molar-refractivity contribution is -0.0498. The first-order chi connectivity index (χ1) is 8.65. The number of carbonyl (C=O) groups is 1. The number of ether oxygens (including phenoxy) is 1. The zero-order valence-corrected chi connectivity index (χ0v) is 8.93. The molecule has 8 heteroatoms. The second-order valence-electron chi connectivity index (χ2n) is 3.19. The molecule has 0 fully saturated rings. The average molecular weight is 254 g/mol. The average Bonchev–Trinajstić information content (AvgIpc) is 2.82. The Kier molecular flexibility index (Phi) is 3.46. The Hall–Kier alpha value is -2.51. The van der Waals surface area contributed by atoms with E-state index in [0.29, 0.717) is 0 Å². The van der Waals surface area contributed by atoms with Crippen LogP contribution in [0.1, 0.15) is 10.4 Å². The van der Waals surface area contributed by atoms with Crippen molar-refractivity contribution in [3.8, 4) is 5.75 Å². The number of alkyl halides is 2. The van der Waals surface area contributed by atoms with E-state index in [1.165, 1.54) is 30.6 Å². The van der Waals surface area contributed by atoms with E-state index >= 15 is 0 Å². The molecule has 18 heavy (non-hydrogen) atoms. The first-order valence-corrected chi connectivity index (χ1v) is 4.87. The van der Waals surface area contributed by atoms with Gasteiger partial charge in [-0.15, -0.1) is 0 Å². The molecule has 0 saturated heterocycles. The van der Waals surface area contributed by atoms with E-state index < -0.39 is 12.5 Å². The fourth-order valence-corrected chi connectivity index (χ4v) is 1.23. The summed E-state index contributed by atoms with van der Waals surface area (Å²) in [6.07, 6.45) is 1.25. The number of H-pyrrole nitrogens is 1. The highest BCUT2D eigenvalue weighted by Gasteiger charge is 2.09. The fourth-order valence-electron chi connectivity index (χ4n) is 1.23. The van der Waals surface area contributed by atoms with Gasteiger partial charge in [0, 0.05) is 5.56 Å². The predicted octanol–water partition coefficient (Wildman–Crippen LogP) is 1.66. The van der Waals surface area contributed by atoms with Gasteiger partial charge < -0.3 is 4.74 Å². The van der Waals surface area contributed by atoms with E-state index in [9.17, 15) is 13.6 Å². The molecule has 2 aromatic rings. The van der Waals surface area contributed by atoms with Crippen molar-refractivity contribution >= 4 is 11.9 Å². The van der Waals surface area contributed by atoms with Gasteiger partial charge in [0.05, 0.1) is 0 Å². The molecule has 0 aliphatic carbocycles. The highest BCUT2D eigenvalue weighted by atomic mass is 19.3. The summed E-state index contributed by atoms with van der Waals surface area (Å²) in [6, 6.07) is 5.29. The number of aromatic amines is 1. The lowest BCUT2D eigenvalue weighted by atomic mass is 10.2. The fraction of sp³-hybridized carbons (Fsp3) is 0.100. The van der Waals surface area contributed by atoms with Gasteiger partial charge in [0.15, 0.2) is 0 Å². The molecule has 0 spiro atoms. The first kappa shape index (κ1) is 12.0.